The van der Waals surface area contributed by atoms with Crippen LogP contribution >= 0.6 is 0 Å². The number of rotatable bonds is 9. The molecule has 0 N–H and O–H groups in total. The number of carbonyl (C=O) groups is 3. The van der Waals surface area contributed by atoms with Gasteiger partial charge in [-0.1, -0.05) is 6.07 Å². The molecule has 1 aromatic carbocycles. The van der Waals surface area contributed by atoms with E-state index >= 15 is 0 Å². The van der Waals surface area contributed by atoms with E-state index in [9.17, 15) is 23.2 Å². The minimum absolute atomic E-state index is 0.0491. The predicted octanol–water partition coefficient (Wildman–Crippen LogP) is 2.91. The molecule has 4 rings (SSSR count). The number of halogens is 2. The number of nitrogens with zero attached hydrogens (tertiary/aromatic N) is 3. The van der Waals surface area contributed by atoms with E-state index in [0.717, 1.165) is 6.41 Å². The van der Waals surface area contributed by atoms with E-state index in [4.69, 9.17) is 14.2 Å². The fourth-order valence-corrected chi connectivity index (χ4v) is 5.65. The van der Waals surface area contributed by atoms with Crippen LogP contribution in [0.3, 0.4) is 0 Å². The number of piperidine rings is 1. The maximum absolute atomic E-state index is 13.8. The second kappa shape index (κ2) is 11.4. The van der Waals surface area contributed by atoms with Crippen LogP contribution in [0.2, 0.25) is 0 Å². The Morgan fingerprint density at radius 3 is 2.42 bits per heavy atom. The Morgan fingerprint density at radius 2 is 1.78 bits per heavy atom. The highest BCUT2D eigenvalue weighted by Crippen LogP contribution is 2.39. The molecule has 0 radical (unpaired) electrons. The first-order valence-electron chi connectivity index (χ1n) is 12.3. The highest BCUT2D eigenvalue weighted by Gasteiger charge is 2.51. The molecule has 9 nitrogen and oxygen atoms in total. The van der Waals surface area contributed by atoms with Crippen LogP contribution in [0, 0.1) is 5.92 Å². The van der Waals surface area contributed by atoms with Gasteiger partial charge in [0.25, 0.3) is 6.43 Å². The molecule has 11 heteroatoms. The van der Waals surface area contributed by atoms with Gasteiger partial charge in [-0.25, -0.2) is 13.6 Å². The summed E-state index contributed by atoms with van der Waals surface area (Å²) in [4.78, 5) is 43.3. The first kappa shape index (κ1) is 26.1. The Hall–Kier alpha value is -2.95. The highest BCUT2D eigenvalue weighted by atomic mass is 19.3. The molecule has 4 amide bonds. The van der Waals surface area contributed by atoms with Crippen molar-refractivity contribution in [2.45, 2.75) is 63.3 Å². The van der Waals surface area contributed by atoms with E-state index in [0.29, 0.717) is 55.8 Å². The minimum Gasteiger partial charge on any atom is -0.493 e. The standard InChI is InChI=1S/C25H33F2N3O6/c1-34-21-6-3-16(11-22(21)35-2)13-29-24(32)19-12-18(36-14-23(26)27)4-5-20(19)30(25(29)33)17-7-9-28(15-31)10-8-17/h3,6,11,15,17-20,23H,4-5,7-10,12-14H2,1-2H3. The third-order valence-electron chi connectivity index (χ3n) is 7.45. The molecule has 0 aromatic heterocycles. The third-order valence-corrected chi connectivity index (χ3v) is 7.45. The van der Waals surface area contributed by atoms with Crippen molar-refractivity contribution in [3.05, 3.63) is 23.8 Å². The van der Waals surface area contributed by atoms with Gasteiger partial charge < -0.3 is 24.0 Å². The van der Waals surface area contributed by atoms with E-state index in [2.05, 4.69) is 0 Å². The van der Waals surface area contributed by atoms with Crippen molar-refractivity contribution < 1.29 is 37.4 Å². The molecule has 2 heterocycles. The molecule has 0 spiro atoms. The molecule has 198 valence electrons. The van der Waals surface area contributed by atoms with Gasteiger partial charge in [-0.05, 0) is 49.8 Å². The summed E-state index contributed by atoms with van der Waals surface area (Å²) in [5, 5.41) is 0. The molecule has 3 aliphatic rings. The molecule has 1 aliphatic carbocycles. The summed E-state index contributed by atoms with van der Waals surface area (Å²) in [7, 11) is 3.04. The molecule has 0 bridgehead atoms. The summed E-state index contributed by atoms with van der Waals surface area (Å²) < 4.78 is 41.5. The fourth-order valence-electron chi connectivity index (χ4n) is 5.65. The Labute approximate surface area is 209 Å². The number of imide groups is 1. The Morgan fingerprint density at radius 1 is 1.06 bits per heavy atom. The number of fused-ring (bicyclic) bond motifs is 1. The van der Waals surface area contributed by atoms with Crippen molar-refractivity contribution in [2.75, 3.05) is 33.9 Å². The van der Waals surface area contributed by atoms with Crippen molar-refractivity contribution in [2.24, 2.45) is 5.92 Å². The lowest BCUT2D eigenvalue weighted by atomic mass is 9.78. The molecule has 3 unspecified atom stereocenters. The average Bonchev–Trinajstić information content (AvgIpc) is 2.90. The number of carbonyl (C=O) groups excluding carboxylic acids is 3. The fraction of sp³-hybridized carbons (Fsp3) is 0.640. The van der Waals surface area contributed by atoms with Gasteiger partial charge in [-0.3, -0.25) is 14.5 Å². The molecule has 1 saturated carbocycles. The maximum Gasteiger partial charge on any atom is 0.327 e. The van der Waals surface area contributed by atoms with Crippen LogP contribution in [0.5, 0.6) is 11.5 Å². The van der Waals surface area contributed by atoms with Crippen molar-refractivity contribution in [1.29, 1.82) is 0 Å². The molecule has 1 aromatic rings. The van der Waals surface area contributed by atoms with Crippen LogP contribution in [-0.4, -0.2) is 91.6 Å². The quantitative estimate of drug-likeness (QED) is 0.476. The van der Waals surface area contributed by atoms with Gasteiger partial charge in [0.15, 0.2) is 11.5 Å². The van der Waals surface area contributed by atoms with Gasteiger partial charge in [0, 0.05) is 25.2 Å². The zero-order valence-electron chi connectivity index (χ0n) is 20.6. The molecular formula is C25H33F2N3O6. The normalized spacial score (nSPS) is 25.2. The van der Waals surface area contributed by atoms with Crippen molar-refractivity contribution in [3.63, 3.8) is 0 Å². The number of hydrogen-bond donors (Lipinski definition) is 0. The van der Waals surface area contributed by atoms with Gasteiger partial charge >= 0.3 is 6.03 Å². The number of likely N-dealkylation sites (tertiary alicyclic amines) is 1. The van der Waals surface area contributed by atoms with Crippen LogP contribution < -0.4 is 9.47 Å². The minimum atomic E-state index is -2.58. The summed E-state index contributed by atoms with van der Waals surface area (Å²) in [6.07, 6.45) is 0.327. The SMILES string of the molecule is COc1ccc(CN2C(=O)C3CC(OCC(F)F)CCC3N(C3CCN(C=O)CC3)C2=O)cc1OC. The third kappa shape index (κ3) is 5.40. The van der Waals surface area contributed by atoms with Crippen LogP contribution in [0.4, 0.5) is 13.6 Å². The first-order chi connectivity index (χ1) is 17.4. The van der Waals surface area contributed by atoms with E-state index < -0.39 is 25.1 Å². The second-order valence-corrected chi connectivity index (χ2v) is 9.51. The average molecular weight is 510 g/mol. The molecule has 3 fully saturated rings. The Bertz CT molecular complexity index is 956. The summed E-state index contributed by atoms with van der Waals surface area (Å²) in [6, 6.07) is 4.45. The van der Waals surface area contributed by atoms with Gasteiger partial charge in [0.05, 0.1) is 32.8 Å². The zero-order chi connectivity index (χ0) is 25.8. The van der Waals surface area contributed by atoms with Crippen molar-refractivity contribution in [1.82, 2.24) is 14.7 Å². The number of ether oxygens (including phenoxy) is 3. The lowest BCUT2D eigenvalue weighted by Gasteiger charge is -2.52. The summed E-state index contributed by atoms with van der Waals surface area (Å²) in [5.41, 5.74) is 0.699. The summed E-state index contributed by atoms with van der Waals surface area (Å²) in [5.74, 6) is 0.170. The number of methoxy groups -OCH3 is 2. The van der Waals surface area contributed by atoms with Crippen molar-refractivity contribution in [3.8, 4) is 11.5 Å². The van der Waals surface area contributed by atoms with E-state index in [1.807, 2.05) is 4.90 Å². The molecule has 2 aliphatic heterocycles. The maximum atomic E-state index is 13.8. The Kier molecular flexibility index (Phi) is 8.28. The van der Waals surface area contributed by atoms with E-state index in [1.54, 1.807) is 23.1 Å². The van der Waals surface area contributed by atoms with Crippen LogP contribution in [0.15, 0.2) is 18.2 Å². The predicted molar refractivity (Wildman–Crippen MR) is 125 cm³/mol. The van der Waals surface area contributed by atoms with Gasteiger partial charge in [-0.2, -0.15) is 0 Å². The van der Waals surface area contributed by atoms with Gasteiger partial charge in [0.2, 0.25) is 12.3 Å². The number of amides is 4. The second-order valence-electron chi connectivity index (χ2n) is 9.51. The topological polar surface area (TPSA) is 88.6 Å². The molecule has 36 heavy (non-hydrogen) atoms. The lowest BCUT2D eigenvalue weighted by molar-refractivity contribution is -0.147. The highest BCUT2D eigenvalue weighted by molar-refractivity contribution is 5.99. The number of hydrogen-bond acceptors (Lipinski definition) is 6. The lowest BCUT2D eigenvalue weighted by Crippen LogP contribution is -2.66. The number of benzene rings is 1. The zero-order valence-corrected chi connectivity index (χ0v) is 20.6. The molecule has 2 saturated heterocycles. The number of urea groups is 1. The molecular weight excluding hydrogens is 476 g/mol. The van der Waals surface area contributed by atoms with Crippen LogP contribution in [-0.2, 0) is 20.9 Å². The van der Waals surface area contributed by atoms with E-state index in [-0.39, 0.29) is 37.0 Å². The largest absolute Gasteiger partial charge is 0.493 e. The molecule has 3 atom stereocenters. The summed E-state index contributed by atoms with van der Waals surface area (Å²) >= 11 is 0. The van der Waals surface area contributed by atoms with Gasteiger partial charge in [-0.15, -0.1) is 0 Å². The van der Waals surface area contributed by atoms with Gasteiger partial charge in [0.1, 0.15) is 6.61 Å². The monoisotopic (exact) mass is 509 g/mol. The van der Waals surface area contributed by atoms with Crippen molar-refractivity contribution >= 4 is 18.3 Å². The van der Waals surface area contributed by atoms with Crippen LogP contribution in [0.25, 0.3) is 0 Å². The van der Waals surface area contributed by atoms with Crippen LogP contribution in [0.1, 0.15) is 37.7 Å². The van der Waals surface area contributed by atoms with E-state index in [1.165, 1.54) is 19.1 Å². The summed E-state index contributed by atoms with van der Waals surface area (Å²) in [6.45, 7) is 0.462. The smallest absolute Gasteiger partial charge is 0.327 e. The first-order valence-corrected chi connectivity index (χ1v) is 12.3. The number of alkyl halides is 2. The Balaban J connectivity index is 1.59.